The summed E-state index contributed by atoms with van der Waals surface area (Å²) in [4.78, 5) is 14.3. The van der Waals surface area contributed by atoms with E-state index in [-0.39, 0.29) is 5.91 Å². The van der Waals surface area contributed by atoms with Crippen LogP contribution in [0.4, 0.5) is 5.69 Å². The van der Waals surface area contributed by atoms with E-state index in [9.17, 15) is 4.79 Å². The molecule has 3 aromatic rings. The smallest absolute Gasteiger partial charge is 0.220 e. The first-order valence-corrected chi connectivity index (χ1v) is 9.10. The van der Waals surface area contributed by atoms with Crippen molar-refractivity contribution in [2.45, 2.75) is 19.3 Å². The van der Waals surface area contributed by atoms with E-state index in [0.29, 0.717) is 13.0 Å². The van der Waals surface area contributed by atoms with Crippen LogP contribution < -0.4 is 10.2 Å². The molecule has 0 aliphatic heterocycles. The zero-order valence-corrected chi connectivity index (χ0v) is 15.8. The molecule has 1 N–H and O–H groups in total. The van der Waals surface area contributed by atoms with Crippen LogP contribution in [-0.4, -0.2) is 31.1 Å². The van der Waals surface area contributed by atoms with E-state index in [4.69, 9.17) is 0 Å². The predicted molar refractivity (Wildman–Crippen MR) is 109 cm³/mol. The summed E-state index contributed by atoms with van der Waals surface area (Å²) >= 11 is 0. The molecule has 0 unspecified atom stereocenters. The van der Waals surface area contributed by atoms with Gasteiger partial charge in [0.05, 0.1) is 0 Å². The van der Waals surface area contributed by atoms with Crippen LogP contribution in [-0.2, 0) is 24.7 Å². The third kappa shape index (κ3) is 4.26. The Balaban J connectivity index is 1.47. The number of hydrogen-bond donors (Lipinski definition) is 1. The number of aromatic nitrogens is 1. The molecule has 1 aromatic heterocycles. The normalized spacial score (nSPS) is 10.9. The summed E-state index contributed by atoms with van der Waals surface area (Å²) in [7, 11) is 6.11. The van der Waals surface area contributed by atoms with Gasteiger partial charge in [0.15, 0.2) is 0 Å². The monoisotopic (exact) mass is 349 g/mol. The van der Waals surface area contributed by atoms with Gasteiger partial charge in [-0.1, -0.05) is 30.3 Å². The van der Waals surface area contributed by atoms with Crippen molar-refractivity contribution in [3.63, 3.8) is 0 Å². The zero-order chi connectivity index (χ0) is 18.5. The number of hydrogen-bond acceptors (Lipinski definition) is 2. The van der Waals surface area contributed by atoms with E-state index >= 15 is 0 Å². The molecule has 0 aliphatic rings. The average Bonchev–Trinajstić information content (AvgIpc) is 2.97. The molecule has 2 aromatic carbocycles. The van der Waals surface area contributed by atoms with Crippen molar-refractivity contribution in [3.05, 3.63) is 65.9 Å². The Hall–Kier alpha value is -2.75. The maximum absolute atomic E-state index is 12.2. The standard InChI is InChI=1S/C22H27N3O/c1-24(2)19-11-8-17(9-12-19)14-15-23-22(26)13-10-18-16-25(3)21-7-5-4-6-20(18)21/h4-9,11-12,16H,10,13-15H2,1-3H3,(H,23,26). The fourth-order valence-electron chi connectivity index (χ4n) is 3.27. The van der Waals surface area contributed by atoms with Crippen LogP contribution in [0.25, 0.3) is 10.9 Å². The largest absolute Gasteiger partial charge is 0.378 e. The number of rotatable bonds is 7. The Morgan fingerprint density at radius 2 is 1.77 bits per heavy atom. The number of anilines is 1. The Bertz CT molecular complexity index is 878. The van der Waals surface area contributed by atoms with E-state index in [2.05, 4.69) is 57.4 Å². The SMILES string of the molecule is CN(C)c1ccc(CCNC(=O)CCc2cn(C)c3ccccc23)cc1. The van der Waals surface area contributed by atoms with E-state index in [0.717, 1.165) is 12.8 Å². The Kier molecular flexibility index (Phi) is 5.61. The van der Waals surface area contributed by atoms with Crippen molar-refractivity contribution in [1.29, 1.82) is 0 Å². The van der Waals surface area contributed by atoms with Crippen molar-refractivity contribution in [3.8, 4) is 0 Å². The second kappa shape index (κ2) is 8.09. The molecule has 26 heavy (non-hydrogen) atoms. The maximum Gasteiger partial charge on any atom is 0.220 e. The van der Waals surface area contributed by atoms with Crippen LogP contribution in [0.2, 0.25) is 0 Å². The van der Waals surface area contributed by atoms with E-state index in [1.165, 1.54) is 27.7 Å². The maximum atomic E-state index is 12.2. The van der Waals surface area contributed by atoms with E-state index < -0.39 is 0 Å². The highest BCUT2D eigenvalue weighted by molar-refractivity contribution is 5.84. The summed E-state index contributed by atoms with van der Waals surface area (Å²) in [6, 6.07) is 16.8. The molecule has 0 saturated carbocycles. The Morgan fingerprint density at radius 1 is 1.04 bits per heavy atom. The second-order valence-corrected chi connectivity index (χ2v) is 6.94. The molecule has 0 saturated heterocycles. The lowest BCUT2D eigenvalue weighted by atomic mass is 10.1. The highest BCUT2D eigenvalue weighted by atomic mass is 16.1. The summed E-state index contributed by atoms with van der Waals surface area (Å²) in [6.07, 6.45) is 4.27. The number of nitrogens with zero attached hydrogens (tertiary/aromatic N) is 2. The van der Waals surface area contributed by atoms with Crippen LogP contribution in [0.3, 0.4) is 0 Å². The zero-order valence-electron chi connectivity index (χ0n) is 15.8. The third-order valence-electron chi connectivity index (χ3n) is 4.79. The van der Waals surface area contributed by atoms with Crippen LogP contribution in [0.1, 0.15) is 17.5 Å². The van der Waals surface area contributed by atoms with E-state index in [1.54, 1.807) is 0 Å². The van der Waals surface area contributed by atoms with Gasteiger partial charge in [0.1, 0.15) is 0 Å². The molecule has 0 atom stereocenters. The summed E-state index contributed by atoms with van der Waals surface area (Å²) < 4.78 is 2.12. The lowest BCUT2D eigenvalue weighted by molar-refractivity contribution is -0.121. The molecule has 0 fully saturated rings. The lowest BCUT2D eigenvalue weighted by Crippen LogP contribution is -2.25. The van der Waals surface area contributed by atoms with Gasteiger partial charge in [0.25, 0.3) is 0 Å². The molecule has 0 aliphatic carbocycles. The van der Waals surface area contributed by atoms with Gasteiger partial charge in [-0.2, -0.15) is 0 Å². The average molecular weight is 349 g/mol. The topological polar surface area (TPSA) is 37.3 Å². The second-order valence-electron chi connectivity index (χ2n) is 6.94. The van der Waals surface area contributed by atoms with Gasteiger partial charge in [-0.15, -0.1) is 0 Å². The molecule has 0 radical (unpaired) electrons. The van der Waals surface area contributed by atoms with Gasteiger partial charge in [0, 0.05) is 56.9 Å². The molecule has 1 heterocycles. The van der Waals surface area contributed by atoms with Gasteiger partial charge < -0.3 is 14.8 Å². The molecule has 1 amide bonds. The quantitative estimate of drug-likeness (QED) is 0.708. The summed E-state index contributed by atoms with van der Waals surface area (Å²) in [6.45, 7) is 0.676. The molecular weight excluding hydrogens is 322 g/mol. The summed E-state index contributed by atoms with van der Waals surface area (Å²) in [5.74, 6) is 0.114. The Labute approximate surface area is 155 Å². The first-order chi connectivity index (χ1) is 12.5. The number of para-hydroxylation sites is 1. The van der Waals surface area contributed by atoms with Crippen LogP contribution >= 0.6 is 0 Å². The van der Waals surface area contributed by atoms with Crippen LogP contribution in [0, 0.1) is 0 Å². The molecule has 4 nitrogen and oxygen atoms in total. The van der Waals surface area contributed by atoms with Crippen molar-refractivity contribution in [1.82, 2.24) is 9.88 Å². The van der Waals surface area contributed by atoms with Gasteiger partial charge in [-0.25, -0.2) is 0 Å². The third-order valence-corrected chi connectivity index (χ3v) is 4.79. The number of aryl methyl sites for hydroxylation is 2. The van der Waals surface area contributed by atoms with Crippen molar-refractivity contribution < 1.29 is 4.79 Å². The van der Waals surface area contributed by atoms with Crippen LogP contribution in [0.15, 0.2) is 54.7 Å². The minimum Gasteiger partial charge on any atom is -0.378 e. The number of carbonyl (C=O) groups is 1. The molecule has 0 bridgehead atoms. The van der Waals surface area contributed by atoms with Crippen molar-refractivity contribution >= 4 is 22.5 Å². The van der Waals surface area contributed by atoms with E-state index in [1.807, 2.05) is 33.3 Å². The van der Waals surface area contributed by atoms with Crippen molar-refractivity contribution in [2.24, 2.45) is 7.05 Å². The first-order valence-electron chi connectivity index (χ1n) is 9.10. The predicted octanol–water partition coefficient (Wildman–Crippen LogP) is 3.54. The number of benzene rings is 2. The minimum atomic E-state index is 0.114. The summed E-state index contributed by atoms with van der Waals surface area (Å²) in [5, 5.41) is 4.28. The van der Waals surface area contributed by atoms with Crippen LogP contribution in [0.5, 0.6) is 0 Å². The molecule has 4 heteroatoms. The van der Waals surface area contributed by atoms with Gasteiger partial charge in [-0.05, 0) is 42.2 Å². The minimum absolute atomic E-state index is 0.114. The number of amides is 1. The fourth-order valence-corrected chi connectivity index (χ4v) is 3.27. The van der Waals surface area contributed by atoms with Crippen molar-refractivity contribution in [2.75, 3.05) is 25.5 Å². The van der Waals surface area contributed by atoms with Gasteiger partial charge in [-0.3, -0.25) is 4.79 Å². The Morgan fingerprint density at radius 3 is 2.50 bits per heavy atom. The van der Waals surface area contributed by atoms with Gasteiger partial charge in [0.2, 0.25) is 5.91 Å². The molecule has 3 rings (SSSR count). The molecule has 0 spiro atoms. The number of carbonyl (C=O) groups excluding carboxylic acids is 1. The number of nitrogens with one attached hydrogen (secondary N) is 1. The first kappa shape index (κ1) is 18.1. The lowest BCUT2D eigenvalue weighted by Gasteiger charge is -2.12. The molecular formula is C22H27N3O. The highest BCUT2D eigenvalue weighted by Crippen LogP contribution is 2.21. The highest BCUT2D eigenvalue weighted by Gasteiger charge is 2.08. The number of fused-ring (bicyclic) bond motifs is 1. The summed E-state index contributed by atoms with van der Waals surface area (Å²) in [5.41, 5.74) is 4.87. The molecule has 136 valence electrons. The fraction of sp³-hybridized carbons (Fsp3) is 0.318. The van der Waals surface area contributed by atoms with Gasteiger partial charge >= 0.3 is 0 Å².